The van der Waals surface area contributed by atoms with E-state index >= 15 is 0 Å². The number of ether oxygens (including phenoxy) is 1. The van der Waals surface area contributed by atoms with Gasteiger partial charge in [0.15, 0.2) is 11.5 Å². The lowest BCUT2D eigenvalue weighted by Crippen LogP contribution is -1.93. The van der Waals surface area contributed by atoms with Crippen LogP contribution in [-0.4, -0.2) is 23.7 Å². The first-order valence-electron chi connectivity index (χ1n) is 6.64. The zero-order valence-corrected chi connectivity index (χ0v) is 12.7. The van der Waals surface area contributed by atoms with Crippen molar-refractivity contribution < 1.29 is 18.6 Å². The van der Waals surface area contributed by atoms with E-state index in [4.69, 9.17) is 4.74 Å². The van der Waals surface area contributed by atoms with E-state index in [-0.39, 0.29) is 5.75 Å². The van der Waals surface area contributed by atoms with Gasteiger partial charge in [-0.05, 0) is 43.3 Å². The maximum atomic E-state index is 12.2. The number of hydrogen-bond acceptors (Lipinski definition) is 4. The normalized spacial score (nSPS) is 11.3. The molecule has 116 valence electrons. The fourth-order valence-electron chi connectivity index (χ4n) is 1.77. The van der Waals surface area contributed by atoms with Crippen molar-refractivity contribution >= 4 is 23.7 Å². The van der Waals surface area contributed by atoms with Crippen molar-refractivity contribution in [1.82, 2.24) is 0 Å². The summed E-state index contributed by atoms with van der Waals surface area (Å²) in [5.41, 5.74) is 1.14. The van der Waals surface area contributed by atoms with Crippen molar-refractivity contribution in [2.24, 2.45) is 4.99 Å². The average molecular weight is 323 g/mol. The van der Waals surface area contributed by atoms with Crippen LogP contribution in [0.2, 0.25) is 0 Å². The smallest absolute Gasteiger partial charge is 0.288 e. The highest BCUT2D eigenvalue weighted by molar-refractivity contribution is 7.99. The quantitative estimate of drug-likeness (QED) is 0.610. The lowest BCUT2D eigenvalue weighted by atomic mass is 10.2. The first-order valence-corrected chi connectivity index (χ1v) is 7.52. The Bertz CT molecular complexity index is 645. The number of aromatic hydroxyl groups is 1. The molecule has 0 saturated carbocycles. The third-order valence-corrected chi connectivity index (χ3v) is 3.47. The lowest BCUT2D eigenvalue weighted by Gasteiger charge is -2.07. The summed E-state index contributed by atoms with van der Waals surface area (Å²) in [7, 11) is 0. The third-order valence-electron chi connectivity index (χ3n) is 2.74. The first kappa shape index (κ1) is 16.3. The number of benzene rings is 2. The summed E-state index contributed by atoms with van der Waals surface area (Å²) in [6.45, 7) is 2.29. The summed E-state index contributed by atoms with van der Waals surface area (Å²) in [5, 5.41) is 10.0. The third kappa shape index (κ3) is 4.46. The van der Waals surface area contributed by atoms with Gasteiger partial charge in [-0.25, -0.2) is 0 Å². The number of alkyl halides is 2. The van der Waals surface area contributed by atoms with E-state index in [9.17, 15) is 13.9 Å². The summed E-state index contributed by atoms with van der Waals surface area (Å²) in [6, 6.07) is 11.6. The molecule has 22 heavy (non-hydrogen) atoms. The van der Waals surface area contributed by atoms with E-state index in [1.54, 1.807) is 42.5 Å². The monoisotopic (exact) mass is 323 g/mol. The minimum atomic E-state index is -2.44. The van der Waals surface area contributed by atoms with Crippen molar-refractivity contribution in [1.29, 1.82) is 0 Å². The lowest BCUT2D eigenvalue weighted by molar-refractivity contribution is 0.252. The van der Waals surface area contributed by atoms with Crippen molar-refractivity contribution in [2.75, 3.05) is 6.61 Å². The van der Waals surface area contributed by atoms with Gasteiger partial charge < -0.3 is 9.84 Å². The molecule has 0 spiro atoms. The predicted octanol–water partition coefficient (Wildman–Crippen LogP) is 4.86. The van der Waals surface area contributed by atoms with Gasteiger partial charge in [-0.1, -0.05) is 17.8 Å². The molecule has 1 N–H and O–H groups in total. The minimum Gasteiger partial charge on any atom is -0.504 e. The topological polar surface area (TPSA) is 41.8 Å². The van der Waals surface area contributed by atoms with Crippen LogP contribution in [0.3, 0.4) is 0 Å². The van der Waals surface area contributed by atoms with Gasteiger partial charge in [-0.3, -0.25) is 4.99 Å². The Labute approximate surface area is 131 Å². The fraction of sp³-hybridized carbons (Fsp3) is 0.188. The van der Waals surface area contributed by atoms with E-state index in [1.165, 1.54) is 6.21 Å². The standard InChI is InChI=1S/C16H15F2NO2S/c1-2-21-14-5-3-4-11(15(14)20)10-19-12-6-8-13(9-7-12)22-16(17)18/h3-10,16,20H,2H2,1H3. The van der Waals surface area contributed by atoms with Crippen LogP contribution in [0.4, 0.5) is 14.5 Å². The second kappa shape index (κ2) is 7.79. The molecular formula is C16H15F2NO2S. The maximum absolute atomic E-state index is 12.2. The molecule has 2 aromatic rings. The van der Waals surface area contributed by atoms with Gasteiger partial charge in [0.1, 0.15) is 0 Å². The maximum Gasteiger partial charge on any atom is 0.288 e. The van der Waals surface area contributed by atoms with Gasteiger partial charge in [0.2, 0.25) is 0 Å². The van der Waals surface area contributed by atoms with Gasteiger partial charge in [0.05, 0.1) is 12.3 Å². The molecule has 0 saturated heterocycles. The van der Waals surface area contributed by atoms with Crippen LogP contribution in [0.15, 0.2) is 52.4 Å². The minimum absolute atomic E-state index is 0.0259. The Kier molecular flexibility index (Phi) is 5.77. The number of hydrogen-bond donors (Lipinski definition) is 1. The number of phenolic OH excluding ortho intramolecular Hbond substituents is 1. The Morgan fingerprint density at radius 2 is 1.95 bits per heavy atom. The molecule has 2 rings (SSSR count). The van der Waals surface area contributed by atoms with Gasteiger partial charge in [-0.2, -0.15) is 8.78 Å². The highest BCUT2D eigenvalue weighted by atomic mass is 32.2. The van der Waals surface area contributed by atoms with E-state index in [0.717, 1.165) is 0 Å². The second-order valence-electron chi connectivity index (χ2n) is 4.26. The SMILES string of the molecule is CCOc1cccc(C=Nc2ccc(SC(F)F)cc2)c1O. The Morgan fingerprint density at radius 1 is 1.23 bits per heavy atom. The summed E-state index contributed by atoms with van der Waals surface area (Å²) in [6.07, 6.45) is 1.51. The molecule has 3 nitrogen and oxygen atoms in total. The van der Waals surface area contributed by atoms with Crippen LogP contribution in [0.5, 0.6) is 11.5 Å². The second-order valence-corrected chi connectivity index (χ2v) is 5.32. The number of halogens is 2. The number of aliphatic imine (C=N–C) groups is 1. The number of rotatable bonds is 6. The molecule has 0 unspecified atom stereocenters. The Hall–Kier alpha value is -2.08. The molecule has 0 amide bonds. The first-order chi connectivity index (χ1) is 10.6. The van der Waals surface area contributed by atoms with E-state index in [1.807, 2.05) is 6.92 Å². The van der Waals surface area contributed by atoms with Crippen LogP contribution >= 0.6 is 11.8 Å². The van der Waals surface area contributed by atoms with Crippen molar-refractivity contribution in [3.8, 4) is 11.5 Å². The molecular weight excluding hydrogens is 308 g/mol. The van der Waals surface area contributed by atoms with Gasteiger partial charge in [0, 0.05) is 16.7 Å². The number of para-hydroxylation sites is 1. The highest BCUT2D eigenvalue weighted by Gasteiger charge is 2.06. The molecule has 0 aliphatic carbocycles. The summed E-state index contributed by atoms with van der Waals surface area (Å²) in [5.74, 6) is -2.01. The largest absolute Gasteiger partial charge is 0.504 e. The molecule has 0 aromatic heterocycles. The molecule has 0 atom stereocenters. The van der Waals surface area contributed by atoms with Crippen LogP contribution in [0.25, 0.3) is 0 Å². The van der Waals surface area contributed by atoms with Gasteiger partial charge in [-0.15, -0.1) is 0 Å². The summed E-state index contributed by atoms with van der Waals surface area (Å²) in [4.78, 5) is 4.70. The molecule has 0 radical (unpaired) electrons. The van der Waals surface area contributed by atoms with E-state index in [0.29, 0.717) is 40.3 Å². The number of phenols is 1. The Balaban J connectivity index is 2.13. The number of nitrogens with zero attached hydrogens (tertiary/aromatic N) is 1. The average Bonchev–Trinajstić information content (AvgIpc) is 2.49. The molecule has 0 heterocycles. The van der Waals surface area contributed by atoms with Crippen LogP contribution in [0.1, 0.15) is 12.5 Å². The Morgan fingerprint density at radius 3 is 2.59 bits per heavy atom. The molecule has 2 aromatic carbocycles. The van der Waals surface area contributed by atoms with Crippen molar-refractivity contribution in [3.63, 3.8) is 0 Å². The van der Waals surface area contributed by atoms with E-state index < -0.39 is 5.76 Å². The van der Waals surface area contributed by atoms with Gasteiger partial charge >= 0.3 is 0 Å². The highest BCUT2D eigenvalue weighted by Crippen LogP contribution is 2.30. The molecule has 0 bridgehead atoms. The molecule has 0 aliphatic heterocycles. The van der Waals surface area contributed by atoms with Crippen LogP contribution < -0.4 is 4.74 Å². The molecule has 0 aliphatic rings. The van der Waals surface area contributed by atoms with E-state index in [2.05, 4.69) is 4.99 Å². The summed E-state index contributed by atoms with van der Waals surface area (Å²) < 4.78 is 29.8. The predicted molar refractivity (Wildman–Crippen MR) is 84.8 cm³/mol. The van der Waals surface area contributed by atoms with Crippen LogP contribution in [-0.2, 0) is 0 Å². The molecule has 0 fully saturated rings. The summed E-state index contributed by atoms with van der Waals surface area (Å²) >= 11 is 0.490. The van der Waals surface area contributed by atoms with Crippen LogP contribution in [0, 0.1) is 0 Å². The van der Waals surface area contributed by atoms with Crippen molar-refractivity contribution in [3.05, 3.63) is 48.0 Å². The van der Waals surface area contributed by atoms with Gasteiger partial charge in [0.25, 0.3) is 5.76 Å². The fourth-order valence-corrected chi connectivity index (χ4v) is 2.27. The zero-order chi connectivity index (χ0) is 15.9. The number of thioether (sulfide) groups is 1. The van der Waals surface area contributed by atoms with Crippen molar-refractivity contribution in [2.45, 2.75) is 17.6 Å². The molecule has 6 heteroatoms. The zero-order valence-electron chi connectivity index (χ0n) is 11.9.